The van der Waals surface area contributed by atoms with E-state index in [0.717, 1.165) is 5.56 Å². The number of sulfone groups is 1. The highest BCUT2D eigenvalue weighted by molar-refractivity contribution is 7.91. The van der Waals surface area contributed by atoms with E-state index < -0.39 is 20.5 Å². The first kappa shape index (κ1) is 21.2. The second-order valence-corrected chi connectivity index (χ2v) is 8.77. The normalized spacial score (nSPS) is 15.5. The standard InChI is InChI=1S/C20H21F3N2O3S/c21-16-7-5-14(6-8-16)13-24-19(26)15-9-11-25(12-10-15)17-3-1-2-4-18(17)29(27,28)20(22)23/h1-8,15,20H,9-13H2,(H,24,26). The maximum Gasteiger partial charge on any atom is 0.341 e. The molecule has 1 saturated heterocycles. The first-order valence-corrected chi connectivity index (χ1v) is 10.7. The topological polar surface area (TPSA) is 66.5 Å². The van der Waals surface area contributed by atoms with E-state index in [4.69, 9.17) is 0 Å². The molecule has 0 saturated carbocycles. The fourth-order valence-electron chi connectivity index (χ4n) is 3.37. The predicted molar refractivity (Wildman–Crippen MR) is 103 cm³/mol. The number of piperidine rings is 1. The Balaban J connectivity index is 1.61. The van der Waals surface area contributed by atoms with Crippen molar-refractivity contribution in [3.8, 4) is 0 Å². The Morgan fingerprint density at radius 3 is 2.31 bits per heavy atom. The van der Waals surface area contributed by atoms with E-state index in [9.17, 15) is 26.4 Å². The van der Waals surface area contributed by atoms with Crippen LogP contribution in [0.5, 0.6) is 0 Å². The van der Waals surface area contributed by atoms with Gasteiger partial charge in [0, 0.05) is 25.6 Å². The number of nitrogens with one attached hydrogen (secondary N) is 1. The van der Waals surface area contributed by atoms with Gasteiger partial charge in [0.1, 0.15) is 5.82 Å². The first-order valence-electron chi connectivity index (χ1n) is 9.17. The molecule has 1 heterocycles. The van der Waals surface area contributed by atoms with E-state index in [1.165, 1.54) is 30.3 Å². The van der Waals surface area contributed by atoms with Gasteiger partial charge in [-0.15, -0.1) is 0 Å². The Hall–Kier alpha value is -2.55. The third-order valence-electron chi connectivity index (χ3n) is 4.99. The van der Waals surface area contributed by atoms with Crippen LogP contribution in [-0.2, 0) is 21.2 Å². The van der Waals surface area contributed by atoms with E-state index in [-0.39, 0.29) is 29.9 Å². The summed E-state index contributed by atoms with van der Waals surface area (Å²) in [6, 6.07) is 11.5. The highest BCUT2D eigenvalue weighted by Crippen LogP contribution is 2.32. The van der Waals surface area contributed by atoms with Gasteiger partial charge in [0.05, 0.1) is 10.6 Å². The number of amides is 1. The van der Waals surface area contributed by atoms with Gasteiger partial charge in [0.15, 0.2) is 0 Å². The third-order valence-corrected chi connectivity index (χ3v) is 6.42. The number of halogens is 3. The molecule has 2 aromatic carbocycles. The van der Waals surface area contributed by atoms with Gasteiger partial charge < -0.3 is 10.2 Å². The second kappa shape index (κ2) is 8.86. The van der Waals surface area contributed by atoms with Gasteiger partial charge in [0.25, 0.3) is 0 Å². The monoisotopic (exact) mass is 426 g/mol. The summed E-state index contributed by atoms with van der Waals surface area (Å²) >= 11 is 0. The SMILES string of the molecule is O=C(NCc1ccc(F)cc1)C1CCN(c2ccccc2S(=O)(=O)C(F)F)CC1. The van der Waals surface area contributed by atoms with Crippen molar-refractivity contribution in [1.29, 1.82) is 0 Å². The minimum atomic E-state index is -4.71. The molecule has 0 atom stereocenters. The van der Waals surface area contributed by atoms with Gasteiger partial charge in [-0.25, -0.2) is 12.8 Å². The molecule has 0 aliphatic carbocycles. The fraction of sp³-hybridized carbons (Fsp3) is 0.350. The Morgan fingerprint density at radius 1 is 1.07 bits per heavy atom. The molecule has 156 valence electrons. The fourth-order valence-corrected chi connectivity index (χ4v) is 4.32. The molecular formula is C20H21F3N2O3S. The zero-order valence-corrected chi connectivity index (χ0v) is 16.3. The molecule has 0 radical (unpaired) electrons. The number of hydrogen-bond donors (Lipinski definition) is 1. The maximum atomic E-state index is 13.0. The van der Waals surface area contributed by atoms with Crippen LogP contribution in [0.15, 0.2) is 53.4 Å². The lowest BCUT2D eigenvalue weighted by molar-refractivity contribution is -0.125. The summed E-state index contributed by atoms with van der Waals surface area (Å²) < 4.78 is 62.8. The van der Waals surface area contributed by atoms with Gasteiger partial charge in [-0.1, -0.05) is 24.3 Å². The summed E-state index contributed by atoms with van der Waals surface area (Å²) in [5.41, 5.74) is 1.02. The average Bonchev–Trinajstić information content (AvgIpc) is 2.73. The smallest absolute Gasteiger partial charge is 0.341 e. The Bertz CT molecular complexity index is 957. The summed E-state index contributed by atoms with van der Waals surface area (Å²) in [5, 5.41) is 2.82. The summed E-state index contributed by atoms with van der Waals surface area (Å²) in [4.78, 5) is 13.7. The van der Waals surface area contributed by atoms with Gasteiger partial charge in [0.2, 0.25) is 15.7 Å². The first-order chi connectivity index (χ1) is 13.8. The molecule has 0 bridgehead atoms. The molecule has 1 aliphatic heterocycles. The number of rotatable bonds is 6. The summed E-state index contributed by atoms with van der Waals surface area (Å²) in [6.07, 6.45) is 0.941. The number of para-hydroxylation sites is 1. The minimum absolute atomic E-state index is 0.137. The number of carbonyl (C=O) groups excluding carboxylic acids is 1. The minimum Gasteiger partial charge on any atom is -0.370 e. The molecule has 0 spiro atoms. The van der Waals surface area contributed by atoms with Crippen molar-refractivity contribution in [1.82, 2.24) is 5.32 Å². The highest BCUT2D eigenvalue weighted by Gasteiger charge is 2.32. The van der Waals surface area contributed by atoms with Gasteiger partial charge in [-0.2, -0.15) is 8.78 Å². The van der Waals surface area contributed by atoms with Crippen molar-refractivity contribution in [2.24, 2.45) is 5.92 Å². The molecule has 29 heavy (non-hydrogen) atoms. The molecule has 0 aromatic heterocycles. The van der Waals surface area contributed by atoms with Crippen LogP contribution in [0.2, 0.25) is 0 Å². The second-order valence-electron chi connectivity index (χ2n) is 6.88. The summed E-state index contributed by atoms with van der Waals surface area (Å²) in [5.74, 6) is -4.23. The van der Waals surface area contributed by atoms with E-state index in [2.05, 4.69) is 5.32 Å². The van der Waals surface area contributed by atoms with Gasteiger partial charge in [-0.3, -0.25) is 4.79 Å². The average molecular weight is 426 g/mol. The molecule has 3 rings (SSSR count). The predicted octanol–water partition coefficient (Wildman–Crippen LogP) is 3.35. The number of carbonyl (C=O) groups is 1. The lowest BCUT2D eigenvalue weighted by atomic mass is 9.95. The number of hydrogen-bond acceptors (Lipinski definition) is 4. The van der Waals surface area contributed by atoms with Crippen LogP contribution >= 0.6 is 0 Å². The van der Waals surface area contributed by atoms with Gasteiger partial charge in [-0.05, 0) is 42.7 Å². The van der Waals surface area contributed by atoms with Crippen LogP contribution in [0, 0.1) is 11.7 Å². The summed E-state index contributed by atoms with van der Waals surface area (Å²) in [6.45, 7) is 1.05. The van der Waals surface area contributed by atoms with E-state index >= 15 is 0 Å². The lowest BCUT2D eigenvalue weighted by Gasteiger charge is -2.34. The third kappa shape index (κ3) is 4.90. The van der Waals surface area contributed by atoms with Crippen molar-refractivity contribution in [3.05, 3.63) is 59.9 Å². The zero-order chi connectivity index (χ0) is 21.0. The molecule has 0 unspecified atom stereocenters. The summed E-state index contributed by atoms with van der Waals surface area (Å²) in [7, 11) is -4.71. The molecular weight excluding hydrogens is 405 g/mol. The molecule has 1 amide bonds. The highest BCUT2D eigenvalue weighted by atomic mass is 32.2. The van der Waals surface area contributed by atoms with Crippen molar-refractivity contribution < 1.29 is 26.4 Å². The number of benzene rings is 2. The Morgan fingerprint density at radius 2 is 1.69 bits per heavy atom. The molecule has 1 fully saturated rings. The van der Waals surface area contributed by atoms with Crippen LogP contribution in [0.4, 0.5) is 18.9 Å². The number of anilines is 1. The Kier molecular flexibility index (Phi) is 6.46. The van der Waals surface area contributed by atoms with Crippen LogP contribution in [-0.4, -0.2) is 33.2 Å². The molecule has 9 heteroatoms. The largest absolute Gasteiger partial charge is 0.370 e. The molecule has 1 N–H and O–H groups in total. The van der Waals surface area contributed by atoms with Crippen molar-refractivity contribution >= 4 is 21.4 Å². The van der Waals surface area contributed by atoms with Crippen LogP contribution < -0.4 is 10.2 Å². The molecule has 5 nitrogen and oxygen atoms in total. The molecule has 2 aromatic rings. The maximum absolute atomic E-state index is 13.0. The van der Waals surface area contributed by atoms with E-state index in [1.807, 2.05) is 0 Å². The Labute approximate surface area is 167 Å². The van der Waals surface area contributed by atoms with Crippen molar-refractivity contribution in [3.63, 3.8) is 0 Å². The number of alkyl halides is 2. The quantitative estimate of drug-likeness (QED) is 0.769. The van der Waals surface area contributed by atoms with Crippen LogP contribution in [0.3, 0.4) is 0 Å². The molecule has 1 aliphatic rings. The van der Waals surface area contributed by atoms with E-state index in [0.29, 0.717) is 25.9 Å². The van der Waals surface area contributed by atoms with Crippen LogP contribution in [0.25, 0.3) is 0 Å². The number of nitrogens with zero attached hydrogens (tertiary/aromatic N) is 1. The van der Waals surface area contributed by atoms with E-state index in [1.54, 1.807) is 23.1 Å². The zero-order valence-electron chi connectivity index (χ0n) is 15.5. The van der Waals surface area contributed by atoms with Gasteiger partial charge >= 0.3 is 5.76 Å². The van der Waals surface area contributed by atoms with Crippen molar-refractivity contribution in [2.45, 2.75) is 30.0 Å². The van der Waals surface area contributed by atoms with Crippen LogP contribution in [0.1, 0.15) is 18.4 Å². The lowest BCUT2D eigenvalue weighted by Crippen LogP contribution is -2.40. The van der Waals surface area contributed by atoms with Crippen molar-refractivity contribution in [2.75, 3.05) is 18.0 Å².